The van der Waals surface area contributed by atoms with Gasteiger partial charge in [-0.3, -0.25) is 9.48 Å². The molecular weight excluding hydrogens is 391 g/mol. The first-order chi connectivity index (χ1) is 15.1. The van der Waals surface area contributed by atoms with Crippen LogP contribution in [-0.2, 0) is 11.3 Å². The number of hydrogen-bond acceptors (Lipinski definition) is 3. The molecule has 7 rings (SSSR count). The van der Waals surface area contributed by atoms with Gasteiger partial charge in [0.15, 0.2) is 0 Å². The third kappa shape index (κ3) is 2.79. The topological polar surface area (TPSA) is 61.9 Å². The molecule has 1 amide bonds. The number of aromatic nitrogens is 2. The lowest BCUT2D eigenvalue weighted by Crippen LogP contribution is -2.48. The molecule has 2 bridgehead atoms. The number of fused-ring (bicyclic) bond motifs is 2. The summed E-state index contributed by atoms with van der Waals surface area (Å²) in [5.41, 5.74) is 2.44. The van der Waals surface area contributed by atoms with Crippen molar-refractivity contribution in [2.45, 2.75) is 38.3 Å². The average Bonchev–Trinajstić information content (AvgIpc) is 3.40. The molecule has 1 aliphatic heterocycles. The fraction of sp³-hybridized carbons (Fsp3) is 0.400. The zero-order valence-corrected chi connectivity index (χ0v) is 17.2. The van der Waals surface area contributed by atoms with Gasteiger partial charge in [0.05, 0.1) is 29.4 Å². The van der Waals surface area contributed by atoms with Crippen LogP contribution in [0.5, 0.6) is 0 Å². The second kappa shape index (κ2) is 6.65. The number of nitriles is 1. The maximum Gasteiger partial charge on any atom is 0.226 e. The van der Waals surface area contributed by atoms with E-state index in [9.17, 15) is 9.18 Å². The lowest BCUT2D eigenvalue weighted by atomic mass is 9.69. The van der Waals surface area contributed by atoms with E-state index >= 15 is 0 Å². The van der Waals surface area contributed by atoms with Gasteiger partial charge < -0.3 is 4.90 Å². The predicted octanol–water partition coefficient (Wildman–Crippen LogP) is 4.44. The lowest BCUT2D eigenvalue weighted by molar-refractivity contribution is -0.144. The van der Waals surface area contributed by atoms with Crippen LogP contribution in [0.15, 0.2) is 48.7 Å². The van der Waals surface area contributed by atoms with Gasteiger partial charge in [-0.25, -0.2) is 4.39 Å². The fourth-order valence-corrected chi connectivity index (χ4v) is 6.15. The summed E-state index contributed by atoms with van der Waals surface area (Å²) in [4.78, 5) is 15.2. The number of amides is 1. The van der Waals surface area contributed by atoms with E-state index in [-0.39, 0.29) is 29.1 Å². The van der Waals surface area contributed by atoms with Crippen LogP contribution in [-0.4, -0.2) is 27.1 Å². The summed E-state index contributed by atoms with van der Waals surface area (Å²) in [5, 5.41) is 14.6. The summed E-state index contributed by atoms with van der Waals surface area (Å²) < 4.78 is 16.3. The van der Waals surface area contributed by atoms with E-state index in [1.165, 1.54) is 6.07 Å². The number of likely N-dealkylation sites (tertiary alicyclic amines) is 1. The highest BCUT2D eigenvalue weighted by atomic mass is 19.1. The van der Waals surface area contributed by atoms with Crippen molar-refractivity contribution < 1.29 is 9.18 Å². The van der Waals surface area contributed by atoms with Crippen LogP contribution in [0.4, 0.5) is 4.39 Å². The Hall–Kier alpha value is -3.20. The summed E-state index contributed by atoms with van der Waals surface area (Å²) in [6.45, 7) is 1.53. The molecule has 4 aliphatic rings. The predicted molar refractivity (Wildman–Crippen MR) is 113 cm³/mol. The first-order valence-corrected chi connectivity index (χ1v) is 11.0. The highest BCUT2D eigenvalue weighted by Gasteiger charge is 2.59. The molecule has 6 heteroatoms. The van der Waals surface area contributed by atoms with Gasteiger partial charge in [0.1, 0.15) is 5.82 Å². The van der Waals surface area contributed by atoms with Crippen molar-refractivity contribution in [1.82, 2.24) is 14.7 Å². The molecule has 2 aromatic carbocycles. The molecular formula is C25H23FN4O. The quantitative estimate of drug-likeness (QED) is 0.634. The average molecular weight is 414 g/mol. The maximum atomic E-state index is 14.2. The summed E-state index contributed by atoms with van der Waals surface area (Å²) in [6, 6.07) is 14.5. The smallest absolute Gasteiger partial charge is 0.226 e. The number of benzene rings is 2. The van der Waals surface area contributed by atoms with Crippen LogP contribution in [0.2, 0.25) is 0 Å². The van der Waals surface area contributed by atoms with E-state index in [0.717, 1.165) is 49.7 Å². The summed E-state index contributed by atoms with van der Waals surface area (Å²) in [7, 11) is 0. The van der Waals surface area contributed by atoms with Gasteiger partial charge in [-0.2, -0.15) is 10.4 Å². The van der Waals surface area contributed by atoms with E-state index in [2.05, 4.69) is 11.2 Å². The minimum atomic E-state index is -0.220. The number of nitrogens with zero attached hydrogens (tertiary/aromatic N) is 4. The minimum Gasteiger partial charge on any atom is -0.335 e. The van der Waals surface area contributed by atoms with Crippen molar-refractivity contribution in [2.24, 2.45) is 17.3 Å². The Morgan fingerprint density at radius 3 is 2.81 bits per heavy atom. The molecule has 1 unspecified atom stereocenters. The Bertz CT molecular complexity index is 1240. The summed E-state index contributed by atoms with van der Waals surface area (Å²) in [6.07, 6.45) is 5.64. The molecule has 2 atom stereocenters. The molecule has 0 radical (unpaired) electrons. The van der Waals surface area contributed by atoms with Gasteiger partial charge in [-0.15, -0.1) is 0 Å². The van der Waals surface area contributed by atoms with Gasteiger partial charge in [-0.05, 0) is 61.3 Å². The molecule has 1 aromatic heterocycles. The number of carbonyl (C=O) groups excluding carboxylic acids is 1. The zero-order chi connectivity index (χ0) is 21.2. The maximum absolute atomic E-state index is 14.2. The molecule has 5 nitrogen and oxygen atoms in total. The van der Waals surface area contributed by atoms with Gasteiger partial charge in [0.2, 0.25) is 5.91 Å². The van der Waals surface area contributed by atoms with Crippen LogP contribution in [0, 0.1) is 34.4 Å². The van der Waals surface area contributed by atoms with Crippen molar-refractivity contribution in [3.63, 3.8) is 0 Å². The van der Waals surface area contributed by atoms with Crippen LogP contribution in [0.1, 0.15) is 42.9 Å². The van der Waals surface area contributed by atoms with Gasteiger partial charge in [0.25, 0.3) is 0 Å². The zero-order valence-electron chi connectivity index (χ0n) is 17.2. The fourth-order valence-electron chi connectivity index (χ4n) is 6.15. The highest BCUT2D eigenvalue weighted by molar-refractivity contribution is 5.82. The minimum absolute atomic E-state index is 0.0431. The molecule has 3 saturated carbocycles. The lowest BCUT2D eigenvalue weighted by Gasteiger charge is -2.43. The Kier molecular flexibility index (Phi) is 3.98. The Labute approximate surface area is 180 Å². The van der Waals surface area contributed by atoms with Gasteiger partial charge in [-0.1, -0.05) is 18.2 Å². The second-order valence-electron chi connectivity index (χ2n) is 9.52. The number of hydrogen-bond donors (Lipinski definition) is 0. The van der Waals surface area contributed by atoms with E-state index in [1.807, 2.05) is 40.0 Å². The standard InChI is InChI=1S/C25H23FN4O/c26-21-4-2-1-3-19(21)23-7-8-29(23)24(31)20-12-25(10-18(20)11-25)15-30-22-6-5-16(13-27)9-17(22)14-28-30/h1-6,9,14,18,20,23H,7-8,10-12,15H2/t18?,20-,23?,25?/m0/s1. The molecule has 156 valence electrons. The molecule has 0 N–H and O–H groups in total. The SMILES string of the molecule is N#Cc1ccc2c(cnn2CC23CC(C2)[C@@H](C(=O)N2CCC2c2ccccc2F)C3)c1. The molecule has 2 heterocycles. The third-order valence-corrected chi connectivity index (χ3v) is 7.75. The second-order valence-corrected chi connectivity index (χ2v) is 9.52. The van der Waals surface area contributed by atoms with E-state index in [4.69, 9.17) is 5.26 Å². The van der Waals surface area contributed by atoms with Crippen LogP contribution in [0.3, 0.4) is 0 Å². The van der Waals surface area contributed by atoms with Crippen molar-refractivity contribution in [3.8, 4) is 6.07 Å². The van der Waals surface area contributed by atoms with E-state index < -0.39 is 0 Å². The van der Waals surface area contributed by atoms with Crippen LogP contribution < -0.4 is 0 Å². The summed E-state index contributed by atoms with van der Waals surface area (Å²) in [5.74, 6) is 0.457. The number of carbonyl (C=O) groups is 1. The Balaban J connectivity index is 1.18. The largest absolute Gasteiger partial charge is 0.335 e. The Morgan fingerprint density at radius 2 is 2.06 bits per heavy atom. The molecule has 0 spiro atoms. The molecule has 3 aromatic rings. The van der Waals surface area contributed by atoms with Crippen molar-refractivity contribution in [1.29, 1.82) is 5.26 Å². The molecule has 1 saturated heterocycles. The van der Waals surface area contributed by atoms with Gasteiger partial charge >= 0.3 is 0 Å². The molecule has 31 heavy (non-hydrogen) atoms. The first kappa shape index (κ1) is 18.6. The first-order valence-electron chi connectivity index (χ1n) is 11.0. The van der Waals surface area contributed by atoms with E-state index in [1.54, 1.807) is 12.1 Å². The third-order valence-electron chi connectivity index (χ3n) is 7.75. The van der Waals surface area contributed by atoms with Crippen molar-refractivity contribution in [3.05, 3.63) is 65.6 Å². The molecule has 4 fully saturated rings. The normalized spacial score (nSPS) is 28.8. The number of rotatable bonds is 4. The monoisotopic (exact) mass is 414 g/mol. The molecule has 3 aliphatic carbocycles. The van der Waals surface area contributed by atoms with E-state index in [0.29, 0.717) is 17.0 Å². The number of halogens is 1. The highest BCUT2D eigenvalue weighted by Crippen LogP contribution is 2.63. The summed E-state index contributed by atoms with van der Waals surface area (Å²) >= 11 is 0. The van der Waals surface area contributed by atoms with Crippen LogP contribution in [0.25, 0.3) is 10.9 Å². The van der Waals surface area contributed by atoms with Crippen molar-refractivity contribution in [2.75, 3.05) is 6.54 Å². The Morgan fingerprint density at radius 1 is 1.23 bits per heavy atom. The van der Waals surface area contributed by atoms with Crippen LogP contribution >= 0.6 is 0 Å². The van der Waals surface area contributed by atoms with Crippen molar-refractivity contribution >= 4 is 16.8 Å². The van der Waals surface area contributed by atoms with Gasteiger partial charge in [0, 0.05) is 30.0 Å².